The molecule has 1 aliphatic rings. The summed E-state index contributed by atoms with van der Waals surface area (Å²) in [5.74, 6) is 0. The van der Waals surface area contributed by atoms with Gasteiger partial charge in [0.1, 0.15) is 6.07 Å². The number of nitriles is 1. The van der Waals surface area contributed by atoms with E-state index >= 15 is 0 Å². The smallest absolute Gasteiger partial charge is 0.101 e. The van der Waals surface area contributed by atoms with Gasteiger partial charge >= 0.3 is 0 Å². The fraction of sp³-hybridized carbons (Fsp3) is 0.417. The van der Waals surface area contributed by atoms with Crippen molar-refractivity contribution < 1.29 is 4.74 Å². The first-order valence-corrected chi connectivity index (χ1v) is 5.71. The number of halogens is 1. The van der Waals surface area contributed by atoms with E-state index in [0.29, 0.717) is 16.6 Å². The molecular formula is C12H13ClN2O. The number of ether oxygens (including phenoxy) is 1. The normalized spacial score (nSPS) is 20.1. The highest BCUT2D eigenvalue weighted by atomic mass is 35.5. The molecule has 2 rings (SSSR count). The van der Waals surface area contributed by atoms with Gasteiger partial charge < -0.3 is 10.1 Å². The van der Waals surface area contributed by atoms with Crippen molar-refractivity contribution in [1.29, 1.82) is 5.26 Å². The van der Waals surface area contributed by atoms with Crippen LogP contribution in [0.5, 0.6) is 0 Å². The molecule has 1 aromatic rings. The fourth-order valence-corrected chi connectivity index (χ4v) is 2.01. The molecule has 1 fully saturated rings. The highest BCUT2D eigenvalue weighted by Gasteiger charge is 2.13. The third-order valence-corrected chi connectivity index (χ3v) is 2.93. The van der Waals surface area contributed by atoms with Crippen LogP contribution in [0.1, 0.15) is 18.4 Å². The van der Waals surface area contributed by atoms with Gasteiger partial charge in [-0.1, -0.05) is 11.6 Å². The van der Waals surface area contributed by atoms with Crippen LogP contribution in [-0.2, 0) is 4.74 Å². The Bertz CT molecular complexity index is 408. The highest BCUT2D eigenvalue weighted by Crippen LogP contribution is 2.22. The first-order chi connectivity index (χ1) is 7.79. The maximum Gasteiger partial charge on any atom is 0.101 e. The van der Waals surface area contributed by atoms with Crippen LogP contribution in [0.2, 0.25) is 5.02 Å². The Morgan fingerprint density at radius 3 is 3.00 bits per heavy atom. The lowest BCUT2D eigenvalue weighted by molar-refractivity contribution is 0.0876. The van der Waals surface area contributed by atoms with E-state index in [1.807, 2.05) is 12.1 Å². The average Bonchev–Trinajstić information content (AvgIpc) is 2.31. The molecule has 0 aliphatic carbocycles. The lowest BCUT2D eigenvalue weighted by Crippen LogP contribution is -2.29. The fourth-order valence-electron chi connectivity index (χ4n) is 1.79. The van der Waals surface area contributed by atoms with Gasteiger partial charge in [0.2, 0.25) is 0 Å². The van der Waals surface area contributed by atoms with Crippen molar-refractivity contribution in [3.05, 3.63) is 28.8 Å². The van der Waals surface area contributed by atoms with E-state index in [-0.39, 0.29) is 0 Å². The largest absolute Gasteiger partial charge is 0.380 e. The molecule has 0 aromatic heterocycles. The molecule has 0 saturated carbocycles. The van der Waals surface area contributed by atoms with E-state index in [1.165, 1.54) is 0 Å². The van der Waals surface area contributed by atoms with Crippen LogP contribution >= 0.6 is 11.6 Å². The van der Waals surface area contributed by atoms with E-state index in [4.69, 9.17) is 21.6 Å². The van der Waals surface area contributed by atoms with Gasteiger partial charge in [-0.15, -0.1) is 0 Å². The summed E-state index contributed by atoms with van der Waals surface area (Å²) >= 11 is 5.95. The van der Waals surface area contributed by atoms with Gasteiger partial charge in [-0.3, -0.25) is 0 Å². The van der Waals surface area contributed by atoms with Gasteiger partial charge in [-0.05, 0) is 31.0 Å². The SMILES string of the molecule is N#Cc1ccc(NC2CCCOC2)cc1Cl. The first kappa shape index (κ1) is 11.3. The second kappa shape index (κ2) is 5.20. The average molecular weight is 237 g/mol. The summed E-state index contributed by atoms with van der Waals surface area (Å²) in [5, 5.41) is 12.6. The number of nitrogens with zero attached hydrogens (tertiary/aromatic N) is 1. The zero-order valence-corrected chi connectivity index (χ0v) is 9.63. The Kier molecular flexibility index (Phi) is 3.66. The zero-order valence-electron chi connectivity index (χ0n) is 8.87. The number of benzene rings is 1. The van der Waals surface area contributed by atoms with Crippen LogP contribution in [-0.4, -0.2) is 19.3 Å². The van der Waals surface area contributed by atoms with Gasteiger partial charge in [0.15, 0.2) is 0 Å². The third-order valence-electron chi connectivity index (χ3n) is 2.62. The topological polar surface area (TPSA) is 45.0 Å². The van der Waals surface area contributed by atoms with Crippen LogP contribution in [0.15, 0.2) is 18.2 Å². The van der Waals surface area contributed by atoms with Crippen molar-refractivity contribution in [2.75, 3.05) is 18.5 Å². The van der Waals surface area contributed by atoms with Crippen molar-refractivity contribution in [3.63, 3.8) is 0 Å². The summed E-state index contributed by atoms with van der Waals surface area (Å²) in [4.78, 5) is 0. The molecule has 0 amide bonds. The predicted molar refractivity (Wildman–Crippen MR) is 63.6 cm³/mol. The van der Waals surface area contributed by atoms with Gasteiger partial charge in [0.05, 0.1) is 17.2 Å². The van der Waals surface area contributed by atoms with Gasteiger partial charge in [0.25, 0.3) is 0 Å². The molecule has 16 heavy (non-hydrogen) atoms. The second-order valence-corrected chi connectivity index (χ2v) is 4.27. The Balaban J connectivity index is 2.04. The molecule has 1 heterocycles. The summed E-state index contributed by atoms with van der Waals surface area (Å²) in [6.45, 7) is 1.59. The van der Waals surface area contributed by atoms with E-state index < -0.39 is 0 Å². The highest BCUT2D eigenvalue weighted by molar-refractivity contribution is 6.32. The monoisotopic (exact) mass is 236 g/mol. The molecule has 1 saturated heterocycles. The maximum absolute atomic E-state index is 8.76. The van der Waals surface area contributed by atoms with Crippen LogP contribution in [0.3, 0.4) is 0 Å². The molecule has 0 radical (unpaired) electrons. The maximum atomic E-state index is 8.76. The molecule has 0 bridgehead atoms. The standard InChI is InChI=1S/C12H13ClN2O/c13-12-6-10(4-3-9(12)7-14)15-11-2-1-5-16-8-11/h3-4,6,11,15H,1-2,5,8H2. The minimum Gasteiger partial charge on any atom is -0.380 e. The van der Waals surface area contributed by atoms with Crippen molar-refractivity contribution in [3.8, 4) is 6.07 Å². The van der Waals surface area contributed by atoms with Crippen LogP contribution in [0.4, 0.5) is 5.69 Å². The summed E-state index contributed by atoms with van der Waals surface area (Å²) < 4.78 is 5.38. The van der Waals surface area contributed by atoms with Crippen molar-refractivity contribution in [1.82, 2.24) is 0 Å². The third kappa shape index (κ3) is 2.66. The lowest BCUT2D eigenvalue weighted by Gasteiger charge is -2.24. The van der Waals surface area contributed by atoms with E-state index in [9.17, 15) is 0 Å². The summed E-state index contributed by atoms with van der Waals surface area (Å²) in [6, 6.07) is 7.78. The number of hydrogen-bond donors (Lipinski definition) is 1. The summed E-state index contributed by atoms with van der Waals surface area (Å²) in [6.07, 6.45) is 2.19. The van der Waals surface area contributed by atoms with Gasteiger partial charge in [0, 0.05) is 18.3 Å². The number of rotatable bonds is 2. The number of anilines is 1. The Hall–Kier alpha value is -1.24. The van der Waals surface area contributed by atoms with E-state index in [2.05, 4.69) is 5.32 Å². The first-order valence-electron chi connectivity index (χ1n) is 5.33. The van der Waals surface area contributed by atoms with Crippen molar-refractivity contribution in [2.45, 2.75) is 18.9 Å². The molecule has 4 heteroatoms. The minimum atomic E-state index is 0.345. The molecule has 3 nitrogen and oxygen atoms in total. The van der Waals surface area contributed by atoms with E-state index in [0.717, 1.165) is 31.7 Å². The molecule has 0 spiro atoms. The lowest BCUT2D eigenvalue weighted by atomic mass is 10.1. The molecule has 1 aromatic carbocycles. The van der Waals surface area contributed by atoms with Crippen molar-refractivity contribution >= 4 is 17.3 Å². The molecule has 1 aliphatic heterocycles. The molecule has 1 atom stereocenters. The van der Waals surface area contributed by atoms with Crippen LogP contribution in [0.25, 0.3) is 0 Å². The summed E-state index contributed by atoms with van der Waals surface area (Å²) in [7, 11) is 0. The van der Waals surface area contributed by atoms with Gasteiger partial charge in [-0.25, -0.2) is 0 Å². The molecule has 84 valence electrons. The minimum absolute atomic E-state index is 0.345. The van der Waals surface area contributed by atoms with Crippen molar-refractivity contribution in [2.24, 2.45) is 0 Å². The summed E-state index contributed by atoms with van der Waals surface area (Å²) in [5.41, 5.74) is 1.45. The van der Waals surface area contributed by atoms with Crippen LogP contribution < -0.4 is 5.32 Å². The molecular weight excluding hydrogens is 224 g/mol. The predicted octanol–water partition coefficient (Wildman–Crippen LogP) is 2.80. The molecule has 1 N–H and O–H groups in total. The molecule has 1 unspecified atom stereocenters. The van der Waals surface area contributed by atoms with E-state index in [1.54, 1.807) is 12.1 Å². The van der Waals surface area contributed by atoms with Crippen LogP contribution in [0, 0.1) is 11.3 Å². The Morgan fingerprint density at radius 1 is 1.50 bits per heavy atom. The second-order valence-electron chi connectivity index (χ2n) is 3.86. The Labute approximate surface area is 100.0 Å². The zero-order chi connectivity index (χ0) is 11.4. The number of hydrogen-bond acceptors (Lipinski definition) is 3. The number of nitrogens with one attached hydrogen (secondary N) is 1. The quantitative estimate of drug-likeness (QED) is 0.859. The van der Waals surface area contributed by atoms with Gasteiger partial charge in [-0.2, -0.15) is 5.26 Å². The Morgan fingerprint density at radius 2 is 2.38 bits per heavy atom.